The first kappa shape index (κ1) is 55.1. The van der Waals surface area contributed by atoms with Gasteiger partial charge in [-0.1, -0.05) is 127 Å². The average molecular weight is 1040 g/mol. The van der Waals surface area contributed by atoms with E-state index in [0.29, 0.717) is 29.7 Å². The molecule has 5 fully saturated rings. The van der Waals surface area contributed by atoms with Crippen molar-refractivity contribution in [3.05, 3.63) is 171 Å². The Bertz CT molecular complexity index is 2930. The number of fused-ring (bicyclic) bond motifs is 2. The normalized spacial score (nSPS) is 26.3. The number of aromatic amines is 1. The van der Waals surface area contributed by atoms with E-state index in [9.17, 15) is 4.79 Å². The summed E-state index contributed by atoms with van der Waals surface area (Å²) >= 11 is 0. The van der Waals surface area contributed by atoms with Gasteiger partial charge in [-0.05, 0) is 212 Å². The maximum Gasteiger partial charge on any atom is 0.217 e. The minimum absolute atomic E-state index is 0.0197. The van der Waals surface area contributed by atoms with Crippen molar-refractivity contribution < 1.29 is 18.3 Å². The summed E-state index contributed by atoms with van der Waals surface area (Å²) in [6, 6.07) is 30.7. The highest BCUT2D eigenvalue weighted by molar-refractivity contribution is 5.82. The molecule has 1 aromatic heterocycles. The van der Waals surface area contributed by atoms with Crippen molar-refractivity contribution in [3.8, 4) is 0 Å². The second-order valence-electron chi connectivity index (χ2n) is 25.0. The number of ether oxygens (including phenoxy) is 1. The lowest BCUT2D eigenvalue weighted by molar-refractivity contribution is -0.119. The number of aromatic nitrogens is 1. The predicted octanol–water partition coefficient (Wildman–Crippen LogP) is 17.7. The number of allylic oxidation sites excluding steroid dienone is 1. The molecule has 0 radical (unpaired) electrons. The third-order valence-corrected chi connectivity index (χ3v) is 19.9. The Morgan fingerprint density at radius 2 is 1.43 bits per heavy atom. The average Bonchev–Trinajstić information content (AvgIpc) is 4.15. The Morgan fingerprint density at radius 1 is 0.753 bits per heavy atom. The van der Waals surface area contributed by atoms with E-state index in [1.807, 2.05) is 21.0 Å². The van der Waals surface area contributed by atoms with E-state index in [-0.39, 0.29) is 70.3 Å². The van der Waals surface area contributed by atoms with Gasteiger partial charge in [-0.2, -0.15) is 0 Å². The largest absolute Gasteiger partial charge is 0.378 e. The van der Waals surface area contributed by atoms with Crippen LogP contribution in [0.1, 0.15) is 219 Å². The molecule has 1 saturated heterocycles. The van der Waals surface area contributed by atoms with Crippen molar-refractivity contribution in [2.24, 2.45) is 23.7 Å². The molecule has 5 aliphatic carbocycles. The predicted molar refractivity (Wildman–Crippen MR) is 314 cm³/mol. The summed E-state index contributed by atoms with van der Waals surface area (Å²) in [5, 5.41) is 4.37. The number of amides is 1. The molecule has 0 bridgehead atoms. The van der Waals surface area contributed by atoms with Gasteiger partial charge in [-0.3, -0.25) is 4.79 Å². The molecule has 6 aliphatic rings. The Kier molecular flexibility index (Phi) is 16.6. The molecule has 77 heavy (non-hydrogen) atoms. The van der Waals surface area contributed by atoms with E-state index >= 15 is 8.78 Å². The van der Waals surface area contributed by atoms with E-state index in [1.165, 1.54) is 56.6 Å². The van der Waals surface area contributed by atoms with E-state index in [2.05, 4.69) is 128 Å². The Morgan fingerprint density at radius 3 is 2.08 bits per heavy atom. The van der Waals surface area contributed by atoms with Gasteiger partial charge in [0.25, 0.3) is 0 Å². The number of halogens is 2. The highest BCUT2D eigenvalue weighted by atomic mass is 19.1. The van der Waals surface area contributed by atoms with Crippen LogP contribution in [0.2, 0.25) is 0 Å². The summed E-state index contributed by atoms with van der Waals surface area (Å²) in [6.45, 7) is 25.1. The molecule has 1 amide bonds. The maximum absolute atomic E-state index is 17.0. The van der Waals surface area contributed by atoms with E-state index in [0.717, 1.165) is 113 Å². The van der Waals surface area contributed by atoms with Gasteiger partial charge in [0, 0.05) is 54.9 Å². The number of H-pyrrole nitrogens is 1. The van der Waals surface area contributed by atoms with Gasteiger partial charge in [-0.25, -0.2) is 8.78 Å². The standard InChI is InChI=1S/C68H83F2N3O2.C2H6/c1-40(2)59(39-68(75-8)29-30-68)43(6)73-31-13-18-64(73)53-32-48-23-24-49(33-51(48)35-53)56-26-27-57(65(56)54-36-60(69)66(61(70)37-54)47-21-19-46(20-22-47)45-14-10-9-11-15-45)50-25-28-62-52(34-50)38-63(72-62)58-17-12-16-55(58)42(5)67(41(3)4)71-44(7)74;1-2/h9-11,14-15,23-25,28,33-38,40-41,46-47,55-59,64-65,67,72H,5-6,12-13,16-22,26-27,29-32,39H2,1-4,7-8H3,(H,71,74);1-2H3/t46?,47?,55?,56-,57+,58+,59-,64-,65?,67-;/m0./s1. The molecule has 410 valence electrons. The summed E-state index contributed by atoms with van der Waals surface area (Å²) < 4.78 is 40.0. The van der Waals surface area contributed by atoms with Gasteiger partial charge >= 0.3 is 0 Å². The van der Waals surface area contributed by atoms with Crippen molar-refractivity contribution in [3.63, 3.8) is 0 Å². The van der Waals surface area contributed by atoms with Gasteiger partial charge in [0.1, 0.15) is 11.6 Å². The number of benzene rings is 4. The number of hydrogen-bond donors (Lipinski definition) is 2. The molecule has 5 aromatic rings. The number of rotatable bonds is 17. The van der Waals surface area contributed by atoms with Crippen molar-refractivity contribution >= 4 is 22.9 Å². The fourth-order valence-corrected chi connectivity index (χ4v) is 15.7. The van der Waals surface area contributed by atoms with Crippen molar-refractivity contribution in [2.75, 3.05) is 13.7 Å². The van der Waals surface area contributed by atoms with Crippen LogP contribution in [-0.2, 0) is 16.0 Å². The fraction of sp³-hybridized carbons (Fsp3) is 0.529. The second-order valence-corrected chi connectivity index (χ2v) is 25.0. The number of carbonyl (C=O) groups excluding carboxylic acids is 1. The lowest BCUT2D eigenvalue weighted by Crippen LogP contribution is -2.40. The first-order valence-electron chi connectivity index (χ1n) is 30.1. The van der Waals surface area contributed by atoms with Crippen molar-refractivity contribution in [1.29, 1.82) is 0 Å². The molecular formula is C70H89F2N3O2. The minimum Gasteiger partial charge on any atom is -0.378 e. The van der Waals surface area contributed by atoms with Crippen LogP contribution in [0, 0.1) is 35.3 Å². The third kappa shape index (κ3) is 11.2. The molecule has 5 nitrogen and oxygen atoms in total. The Hall–Kier alpha value is -5.27. The van der Waals surface area contributed by atoms with Crippen LogP contribution in [-0.4, -0.2) is 47.1 Å². The lowest BCUT2D eigenvalue weighted by atomic mass is 9.74. The SMILES string of the molecule is C=C(C1CCC[C@H]1c1cc2cc([C@H]3CC[C@@H](c4ccc5c(c4)C=C([C@@H]4CCCN4C(=C)[C@@H](CC4(OC)CC4)C(C)C)C5)C3c3cc(F)c(C4CCC(c5ccccc5)CC4)c(F)c3)ccc2[nH]1)[C@@H](NC(C)=O)C(C)C.CC. The van der Waals surface area contributed by atoms with Crippen LogP contribution in [0.25, 0.3) is 17.0 Å². The number of likely N-dealkylation sites (tertiary alicyclic amines) is 1. The zero-order valence-electron chi connectivity index (χ0n) is 47.8. The number of hydrogen-bond acceptors (Lipinski definition) is 3. The summed E-state index contributed by atoms with van der Waals surface area (Å²) in [7, 11) is 1.88. The highest BCUT2D eigenvalue weighted by Crippen LogP contribution is 2.56. The van der Waals surface area contributed by atoms with Crippen LogP contribution < -0.4 is 5.32 Å². The second kappa shape index (κ2) is 23.2. The summed E-state index contributed by atoms with van der Waals surface area (Å²) in [5.74, 6) is 1.28. The molecule has 4 saturated carbocycles. The zero-order chi connectivity index (χ0) is 54.3. The maximum atomic E-state index is 17.0. The smallest absolute Gasteiger partial charge is 0.217 e. The fourth-order valence-electron chi connectivity index (χ4n) is 15.7. The van der Waals surface area contributed by atoms with Crippen molar-refractivity contribution in [2.45, 2.75) is 198 Å². The minimum atomic E-state index is -0.382. The van der Waals surface area contributed by atoms with E-state index in [4.69, 9.17) is 11.3 Å². The Balaban J connectivity index is 0.00000332. The van der Waals surface area contributed by atoms with Crippen LogP contribution in [0.4, 0.5) is 8.78 Å². The molecular weight excluding hydrogens is 953 g/mol. The van der Waals surface area contributed by atoms with Crippen molar-refractivity contribution in [1.82, 2.24) is 15.2 Å². The molecule has 7 heteroatoms. The molecule has 11 rings (SSSR count). The topological polar surface area (TPSA) is 57.4 Å². The van der Waals surface area contributed by atoms with Crippen LogP contribution in [0.5, 0.6) is 0 Å². The highest BCUT2D eigenvalue weighted by Gasteiger charge is 2.47. The molecule has 2 N–H and O–H groups in total. The first-order chi connectivity index (χ1) is 37.2. The van der Waals surface area contributed by atoms with Gasteiger partial charge in [-0.15, -0.1) is 0 Å². The lowest BCUT2D eigenvalue weighted by Gasteiger charge is -2.37. The molecule has 0 spiro atoms. The number of nitrogens with one attached hydrogen (secondary N) is 2. The number of nitrogens with zero attached hydrogens (tertiary/aromatic N) is 1. The monoisotopic (exact) mass is 1040 g/mol. The molecule has 1 aliphatic heterocycles. The Labute approximate surface area is 460 Å². The quantitative estimate of drug-likeness (QED) is 0.0913. The van der Waals surface area contributed by atoms with Gasteiger partial charge in [0.05, 0.1) is 17.7 Å². The summed E-state index contributed by atoms with van der Waals surface area (Å²) in [6.07, 6.45) is 17.6. The number of carbonyl (C=O) groups is 1. The molecule has 4 aromatic carbocycles. The molecule has 2 unspecified atom stereocenters. The zero-order valence-corrected chi connectivity index (χ0v) is 47.8. The third-order valence-electron chi connectivity index (χ3n) is 19.9. The van der Waals surface area contributed by atoms with Gasteiger partial charge in [0.15, 0.2) is 0 Å². The van der Waals surface area contributed by atoms with E-state index in [1.54, 1.807) is 19.1 Å². The molecule has 2 heterocycles. The summed E-state index contributed by atoms with van der Waals surface area (Å²) in [5.41, 5.74) is 13.8. The van der Waals surface area contributed by atoms with Crippen LogP contribution >= 0.6 is 0 Å². The molecule has 8 atom stereocenters. The van der Waals surface area contributed by atoms with E-state index < -0.39 is 0 Å². The summed E-state index contributed by atoms with van der Waals surface area (Å²) in [4.78, 5) is 18.7. The first-order valence-corrected chi connectivity index (χ1v) is 30.1. The van der Waals surface area contributed by atoms with Crippen LogP contribution in [0.3, 0.4) is 0 Å². The number of methoxy groups -OCH3 is 1. The van der Waals surface area contributed by atoms with Crippen LogP contribution in [0.15, 0.2) is 115 Å². The van der Waals surface area contributed by atoms with Gasteiger partial charge < -0.3 is 19.9 Å². The van der Waals surface area contributed by atoms with Gasteiger partial charge in [0.2, 0.25) is 5.91 Å².